The van der Waals surface area contributed by atoms with E-state index in [1.807, 2.05) is 6.20 Å². The molecular weight excluding hydrogens is 370 g/mol. The normalized spacial score (nSPS) is 27.5. The van der Waals surface area contributed by atoms with Crippen molar-refractivity contribution in [2.45, 2.75) is 51.4 Å². The van der Waals surface area contributed by atoms with Crippen molar-refractivity contribution in [2.75, 3.05) is 32.7 Å². The molecule has 5 nitrogen and oxygen atoms in total. The van der Waals surface area contributed by atoms with Crippen LogP contribution >= 0.6 is 11.3 Å². The lowest BCUT2D eigenvalue weighted by Gasteiger charge is -2.44. The van der Waals surface area contributed by atoms with Crippen LogP contribution in [0.3, 0.4) is 0 Å². The lowest BCUT2D eigenvalue weighted by atomic mass is 9.91. The smallest absolute Gasteiger partial charge is 0.313 e. The summed E-state index contributed by atoms with van der Waals surface area (Å²) in [5.74, 6) is 0.830. The second-order valence-corrected chi connectivity index (χ2v) is 9.63. The molecule has 2 saturated heterocycles. The highest BCUT2D eigenvalue weighted by Gasteiger charge is 2.33. The molecule has 4 rings (SSSR count). The minimum Gasteiger partial charge on any atom is -0.625 e. The van der Waals surface area contributed by atoms with Crippen molar-refractivity contribution in [2.24, 2.45) is 5.92 Å². The number of piperidine rings is 2. The maximum absolute atomic E-state index is 12.7. The zero-order valence-electron chi connectivity index (χ0n) is 16.8. The van der Waals surface area contributed by atoms with E-state index in [0.717, 1.165) is 51.7 Å². The summed E-state index contributed by atoms with van der Waals surface area (Å²) in [5, 5.41) is 16.2. The van der Waals surface area contributed by atoms with Gasteiger partial charge in [-0.25, -0.2) is 4.79 Å². The van der Waals surface area contributed by atoms with Gasteiger partial charge in [-0.15, -0.1) is 11.3 Å². The van der Waals surface area contributed by atoms with Crippen LogP contribution in [0.15, 0.2) is 23.7 Å². The third-order valence-electron chi connectivity index (χ3n) is 6.59. The molecule has 2 unspecified atom stereocenters. The van der Waals surface area contributed by atoms with Crippen molar-refractivity contribution < 1.29 is 9.44 Å². The molecule has 0 radical (unpaired) electrons. The van der Waals surface area contributed by atoms with Crippen LogP contribution in [0.4, 0.5) is 0 Å². The summed E-state index contributed by atoms with van der Waals surface area (Å²) in [6.07, 6.45) is 7.45. The molecule has 2 aliphatic rings. The lowest BCUT2D eigenvalue weighted by Crippen LogP contribution is -2.52. The molecule has 1 amide bonds. The van der Waals surface area contributed by atoms with Gasteiger partial charge in [0, 0.05) is 28.6 Å². The van der Waals surface area contributed by atoms with Gasteiger partial charge in [-0.1, -0.05) is 6.92 Å². The highest BCUT2D eigenvalue weighted by Crippen LogP contribution is 2.33. The number of quaternary nitrogens is 1. The standard InChI is InChI=1S/C22H31N3O2S/c1-17-7-14-25(27,21(26)16-17)13-3-2-10-24-11-5-18(6-12-24)22-19-8-15-28-20(19)4-9-23-22/h4,8-9,15,17-18H,2-3,5-7,10-14,16H2,1H3. The largest absolute Gasteiger partial charge is 0.625 e. The average Bonchev–Trinajstić information content (AvgIpc) is 3.18. The Morgan fingerprint density at radius 2 is 2.07 bits per heavy atom. The number of rotatable bonds is 6. The molecule has 152 valence electrons. The molecule has 4 heterocycles. The van der Waals surface area contributed by atoms with Crippen molar-refractivity contribution >= 4 is 27.3 Å². The molecule has 0 spiro atoms. The summed E-state index contributed by atoms with van der Waals surface area (Å²) in [5.41, 5.74) is 1.27. The number of aromatic nitrogens is 1. The highest BCUT2D eigenvalue weighted by molar-refractivity contribution is 7.17. The van der Waals surface area contributed by atoms with Crippen LogP contribution < -0.4 is 0 Å². The number of carbonyl (C=O) groups is 1. The fraction of sp³-hybridized carbons (Fsp3) is 0.636. The van der Waals surface area contributed by atoms with Gasteiger partial charge in [0.1, 0.15) is 0 Å². The van der Waals surface area contributed by atoms with Gasteiger partial charge >= 0.3 is 5.91 Å². The fourth-order valence-corrected chi connectivity index (χ4v) is 5.52. The predicted molar refractivity (Wildman–Crippen MR) is 114 cm³/mol. The van der Waals surface area contributed by atoms with E-state index in [9.17, 15) is 10.0 Å². The molecule has 2 aromatic heterocycles. The van der Waals surface area contributed by atoms with E-state index in [-0.39, 0.29) is 5.91 Å². The molecule has 0 N–H and O–H groups in total. The molecule has 2 fully saturated rings. The number of hydrogen-bond donors (Lipinski definition) is 0. The van der Waals surface area contributed by atoms with Crippen LogP contribution in [-0.2, 0) is 4.79 Å². The molecule has 0 aliphatic carbocycles. The number of hydrogen-bond acceptors (Lipinski definition) is 5. The maximum Gasteiger partial charge on any atom is 0.313 e. The van der Waals surface area contributed by atoms with Crippen LogP contribution in [-0.4, -0.2) is 53.2 Å². The van der Waals surface area contributed by atoms with Gasteiger partial charge in [-0.3, -0.25) is 9.63 Å². The number of likely N-dealkylation sites (tertiary alicyclic amines) is 2. The van der Waals surface area contributed by atoms with Crippen LogP contribution in [0, 0.1) is 11.1 Å². The zero-order chi connectivity index (χ0) is 19.6. The van der Waals surface area contributed by atoms with Gasteiger partial charge in [0.05, 0.1) is 25.2 Å². The molecule has 2 aromatic rings. The molecule has 2 atom stereocenters. The minimum atomic E-state index is -0.581. The van der Waals surface area contributed by atoms with E-state index in [0.29, 0.717) is 31.3 Å². The Kier molecular flexibility index (Phi) is 6.11. The van der Waals surface area contributed by atoms with Gasteiger partial charge < -0.3 is 10.1 Å². The summed E-state index contributed by atoms with van der Waals surface area (Å²) in [6.45, 7) is 6.24. The molecule has 0 aromatic carbocycles. The van der Waals surface area contributed by atoms with Gasteiger partial charge in [-0.05, 0) is 68.7 Å². The van der Waals surface area contributed by atoms with Crippen LogP contribution in [0.5, 0.6) is 0 Å². The molecule has 0 saturated carbocycles. The number of hydroxylamine groups is 3. The van der Waals surface area contributed by atoms with E-state index in [4.69, 9.17) is 4.98 Å². The monoisotopic (exact) mass is 401 g/mol. The van der Waals surface area contributed by atoms with Crippen LogP contribution in [0.1, 0.15) is 57.1 Å². The Hall–Kier alpha value is -1.34. The minimum absolute atomic E-state index is 0.102. The first kappa shape index (κ1) is 20.0. The Morgan fingerprint density at radius 3 is 2.86 bits per heavy atom. The third-order valence-corrected chi connectivity index (χ3v) is 7.47. The first-order valence-electron chi connectivity index (χ1n) is 10.7. The Morgan fingerprint density at radius 1 is 1.25 bits per heavy atom. The Bertz CT molecular complexity index is 815. The van der Waals surface area contributed by atoms with Crippen molar-refractivity contribution in [3.8, 4) is 0 Å². The van der Waals surface area contributed by atoms with Gasteiger partial charge in [0.25, 0.3) is 0 Å². The van der Waals surface area contributed by atoms with Crippen molar-refractivity contribution in [1.82, 2.24) is 9.88 Å². The molecule has 6 heteroatoms. The summed E-state index contributed by atoms with van der Waals surface area (Å²) < 4.78 is 0.756. The first-order valence-corrected chi connectivity index (χ1v) is 11.6. The highest BCUT2D eigenvalue weighted by atomic mass is 32.1. The molecule has 28 heavy (non-hydrogen) atoms. The number of nitrogens with zero attached hydrogens (tertiary/aromatic N) is 3. The third kappa shape index (κ3) is 4.30. The quantitative estimate of drug-likeness (QED) is 0.405. The number of pyridine rings is 1. The zero-order valence-corrected chi connectivity index (χ0v) is 17.6. The summed E-state index contributed by atoms with van der Waals surface area (Å²) in [7, 11) is 0. The first-order chi connectivity index (χ1) is 13.5. The number of thiophene rings is 1. The van der Waals surface area contributed by atoms with Crippen molar-refractivity contribution in [1.29, 1.82) is 0 Å². The number of carbonyl (C=O) groups excluding carboxylic acids is 1. The van der Waals surface area contributed by atoms with Crippen LogP contribution in [0.2, 0.25) is 0 Å². The van der Waals surface area contributed by atoms with Gasteiger partial charge in [0.2, 0.25) is 0 Å². The molecule has 0 bridgehead atoms. The average molecular weight is 402 g/mol. The lowest BCUT2D eigenvalue weighted by molar-refractivity contribution is -0.809. The number of amides is 1. The molecular formula is C22H31N3O2S. The Balaban J connectivity index is 1.21. The summed E-state index contributed by atoms with van der Waals surface area (Å²) >= 11 is 1.79. The number of unbranched alkanes of at least 4 members (excludes halogenated alkanes) is 1. The molecule has 2 aliphatic heterocycles. The maximum atomic E-state index is 12.7. The topological polar surface area (TPSA) is 56.3 Å². The van der Waals surface area contributed by atoms with Crippen molar-refractivity contribution in [3.05, 3.63) is 34.6 Å². The van der Waals surface area contributed by atoms with E-state index in [2.05, 4.69) is 29.3 Å². The summed E-state index contributed by atoms with van der Waals surface area (Å²) in [6, 6.07) is 4.32. The summed E-state index contributed by atoms with van der Waals surface area (Å²) in [4.78, 5) is 19.3. The van der Waals surface area contributed by atoms with Crippen molar-refractivity contribution in [3.63, 3.8) is 0 Å². The van der Waals surface area contributed by atoms with E-state index < -0.39 is 4.65 Å². The Labute approximate surface area is 171 Å². The second kappa shape index (κ2) is 8.57. The van der Waals surface area contributed by atoms with Gasteiger partial charge in [-0.2, -0.15) is 0 Å². The fourth-order valence-electron chi connectivity index (χ4n) is 4.73. The van der Waals surface area contributed by atoms with Gasteiger partial charge in [0.15, 0.2) is 0 Å². The van der Waals surface area contributed by atoms with E-state index in [1.54, 1.807) is 11.3 Å². The predicted octanol–water partition coefficient (Wildman–Crippen LogP) is 4.53. The van der Waals surface area contributed by atoms with E-state index >= 15 is 0 Å². The SMILES string of the molecule is CC1CC[N+]([O-])(CCCCN2CCC(c3nccc4sccc34)CC2)C(=O)C1. The van der Waals surface area contributed by atoms with E-state index in [1.165, 1.54) is 15.8 Å². The van der Waals surface area contributed by atoms with Crippen LogP contribution in [0.25, 0.3) is 10.1 Å². The second-order valence-electron chi connectivity index (χ2n) is 8.68. The number of fused-ring (bicyclic) bond motifs is 1.